The Labute approximate surface area is 174 Å². The summed E-state index contributed by atoms with van der Waals surface area (Å²) in [6.45, 7) is 5.42. The monoisotopic (exact) mass is 409 g/mol. The molecule has 2 aliphatic heterocycles. The second-order valence-electron chi connectivity index (χ2n) is 6.37. The van der Waals surface area contributed by atoms with Gasteiger partial charge in [-0.25, -0.2) is 4.99 Å². The lowest BCUT2D eigenvalue weighted by atomic mass is 10.1. The largest absolute Gasteiger partial charge is 0.340 e. The predicted octanol–water partition coefficient (Wildman–Crippen LogP) is 5.69. The fourth-order valence-electron chi connectivity index (χ4n) is 3.35. The molecule has 28 heavy (non-hydrogen) atoms. The zero-order valence-electron chi connectivity index (χ0n) is 15.7. The van der Waals surface area contributed by atoms with E-state index in [1.807, 2.05) is 37.3 Å². The van der Waals surface area contributed by atoms with Crippen molar-refractivity contribution >= 4 is 51.9 Å². The number of rotatable bonds is 3. The van der Waals surface area contributed by atoms with Crippen LogP contribution in [0.15, 0.2) is 70.2 Å². The quantitative estimate of drug-likeness (QED) is 0.611. The molecule has 2 heterocycles. The van der Waals surface area contributed by atoms with Crippen LogP contribution in [0.2, 0.25) is 5.02 Å². The van der Waals surface area contributed by atoms with E-state index in [4.69, 9.17) is 16.6 Å². The molecule has 0 spiro atoms. The molecule has 2 aromatic carbocycles. The molecule has 4 rings (SSSR count). The van der Waals surface area contributed by atoms with Crippen LogP contribution in [0.25, 0.3) is 6.08 Å². The summed E-state index contributed by atoms with van der Waals surface area (Å²) in [6, 6.07) is 15.6. The van der Waals surface area contributed by atoms with Gasteiger partial charge in [-0.15, -0.1) is 0 Å². The highest BCUT2D eigenvalue weighted by molar-refractivity contribution is 8.18. The van der Waals surface area contributed by atoms with Gasteiger partial charge < -0.3 is 4.90 Å². The Morgan fingerprint density at radius 2 is 1.68 bits per heavy atom. The number of thioether (sulfide) groups is 1. The van der Waals surface area contributed by atoms with E-state index in [-0.39, 0.29) is 5.91 Å². The molecule has 0 saturated carbocycles. The highest BCUT2D eigenvalue weighted by Gasteiger charge is 2.36. The summed E-state index contributed by atoms with van der Waals surface area (Å²) in [7, 11) is 0. The minimum absolute atomic E-state index is 0.00213. The summed E-state index contributed by atoms with van der Waals surface area (Å²) in [5, 5.41) is 1.36. The number of benzene rings is 2. The van der Waals surface area contributed by atoms with Gasteiger partial charge in [-0.2, -0.15) is 0 Å². The van der Waals surface area contributed by atoms with Crippen molar-refractivity contribution in [1.82, 2.24) is 4.90 Å². The number of likely N-dealkylation sites (N-methyl/N-ethyl adjacent to an activating group) is 2. The molecular weight excluding hydrogens is 390 g/mol. The molecule has 0 N–H and O–H groups in total. The molecule has 0 radical (unpaired) electrons. The number of fused-ring (bicyclic) bond motifs is 1. The first kappa shape index (κ1) is 18.8. The molecule has 142 valence electrons. The number of carbonyl (C=O) groups excluding carboxylic acids is 1. The lowest BCUT2D eigenvalue weighted by Gasteiger charge is -2.30. The Bertz CT molecular complexity index is 1010. The molecular formula is C22H20ClN3OS. The van der Waals surface area contributed by atoms with Crippen LogP contribution in [0, 0.1) is 0 Å². The molecule has 4 nitrogen and oxygen atoms in total. The summed E-state index contributed by atoms with van der Waals surface area (Å²) < 4.78 is 0. The Hall–Kier alpha value is -2.50. The third-order valence-electron chi connectivity index (χ3n) is 4.72. The third kappa shape index (κ3) is 3.36. The number of allylic oxidation sites excluding steroid dienone is 1. The number of hydrogen-bond donors (Lipinski definition) is 0. The smallest absolute Gasteiger partial charge is 0.268 e. The van der Waals surface area contributed by atoms with Crippen molar-refractivity contribution in [3.05, 3.63) is 75.8 Å². The topological polar surface area (TPSA) is 35.9 Å². The number of halogens is 1. The van der Waals surface area contributed by atoms with Crippen LogP contribution in [0.4, 0.5) is 11.4 Å². The average molecular weight is 410 g/mol. The lowest BCUT2D eigenvalue weighted by molar-refractivity contribution is -0.122. The second-order valence-corrected chi connectivity index (χ2v) is 7.79. The molecule has 0 aromatic heterocycles. The van der Waals surface area contributed by atoms with Crippen molar-refractivity contribution in [1.29, 1.82) is 0 Å². The van der Waals surface area contributed by atoms with Crippen LogP contribution in [0.5, 0.6) is 0 Å². The van der Waals surface area contributed by atoms with Gasteiger partial charge in [0.15, 0.2) is 5.17 Å². The number of para-hydroxylation sites is 1. The van der Waals surface area contributed by atoms with Gasteiger partial charge >= 0.3 is 0 Å². The first-order valence-corrected chi connectivity index (χ1v) is 10.4. The maximum absolute atomic E-state index is 13.1. The van der Waals surface area contributed by atoms with E-state index in [0.717, 1.165) is 29.2 Å². The van der Waals surface area contributed by atoms with Crippen LogP contribution >= 0.6 is 23.4 Å². The number of hydrogen-bond acceptors (Lipinski definition) is 4. The van der Waals surface area contributed by atoms with Crippen molar-refractivity contribution < 1.29 is 4.79 Å². The van der Waals surface area contributed by atoms with E-state index in [0.29, 0.717) is 21.6 Å². The van der Waals surface area contributed by atoms with Gasteiger partial charge in [0.25, 0.3) is 5.91 Å². The zero-order valence-corrected chi connectivity index (χ0v) is 17.3. The maximum Gasteiger partial charge on any atom is 0.268 e. The van der Waals surface area contributed by atoms with Crippen molar-refractivity contribution in [2.24, 2.45) is 4.99 Å². The number of aliphatic imine (C=N–C) groups is 1. The van der Waals surface area contributed by atoms with E-state index >= 15 is 0 Å². The summed E-state index contributed by atoms with van der Waals surface area (Å²) in [5.41, 5.74) is 3.98. The molecule has 0 atom stereocenters. The number of amidine groups is 1. The van der Waals surface area contributed by atoms with Crippen LogP contribution in [0.1, 0.15) is 19.4 Å². The molecule has 1 saturated heterocycles. The molecule has 0 aliphatic carbocycles. The zero-order chi connectivity index (χ0) is 19.7. The normalized spacial score (nSPS) is 20.2. The molecule has 0 unspecified atom stereocenters. The predicted molar refractivity (Wildman–Crippen MR) is 119 cm³/mol. The van der Waals surface area contributed by atoms with Gasteiger partial charge in [0, 0.05) is 23.8 Å². The van der Waals surface area contributed by atoms with Crippen molar-refractivity contribution in [3.8, 4) is 0 Å². The van der Waals surface area contributed by atoms with Crippen molar-refractivity contribution in [3.63, 3.8) is 0 Å². The Balaban J connectivity index is 1.76. The number of anilines is 1. The minimum atomic E-state index is -0.00213. The van der Waals surface area contributed by atoms with Crippen LogP contribution in [-0.2, 0) is 4.79 Å². The lowest BCUT2D eigenvalue weighted by Crippen LogP contribution is -2.30. The fourth-order valence-corrected chi connectivity index (χ4v) is 4.61. The van der Waals surface area contributed by atoms with Gasteiger partial charge in [-0.05, 0) is 67.6 Å². The average Bonchev–Trinajstić information content (AvgIpc) is 3.03. The number of amides is 1. The van der Waals surface area contributed by atoms with Crippen LogP contribution < -0.4 is 4.90 Å². The van der Waals surface area contributed by atoms with Crippen LogP contribution in [-0.4, -0.2) is 29.1 Å². The molecule has 2 aromatic rings. The summed E-state index contributed by atoms with van der Waals surface area (Å²) in [6.07, 6.45) is 4.10. The first-order chi connectivity index (χ1) is 13.6. The standard InChI is InChI=1S/C22H20ClN3OS/c1-3-25-18-8-6-5-7-15(18)9-14-19(25)20-21(27)26(4-2)22(28-20)24-17-12-10-16(23)11-13-17/h5-14H,3-4H2,1-2H3/b20-19+,24-22?. The van der Waals surface area contributed by atoms with E-state index in [1.165, 1.54) is 11.8 Å². The number of nitrogens with zero attached hydrogens (tertiary/aromatic N) is 3. The third-order valence-corrected chi connectivity index (χ3v) is 6.05. The van der Waals surface area contributed by atoms with Crippen LogP contribution in [0.3, 0.4) is 0 Å². The Morgan fingerprint density at radius 1 is 0.964 bits per heavy atom. The van der Waals surface area contributed by atoms with Gasteiger partial charge in [-0.3, -0.25) is 9.69 Å². The fraction of sp³-hybridized carbons (Fsp3) is 0.182. The van der Waals surface area contributed by atoms with Gasteiger partial charge in [0.2, 0.25) is 0 Å². The van der Waals surface area contributed by atoms with Gasteiger partial charge in [-0.1, -0.05) is 35.9 Å². The first-order valence-electron chi connectivity index (χ1n) is 9.25. The highest BCUT2D eigenvalue weighted by Crippen LogP contribution is 2.40. The Kier molecular flexibility index (Phi) is 5.29. The van der Waals surface area contributed by atoms with Gasteiger partial charge in [0.05, 0.1) is 11.4 Å². The number of carbonyl (C=O) groups is 1. The Morgan fingerprint density at radius 3 is 2.39 bits per heavy atom. The molecule has 6 heteroatoms. The summed E-state index contributed by atoms with van der Waals surface area (Å²) in [4.78, 5) is 22.5. The van der Waals surface area contributed by atoms with E-state index < -0.39 is 0 Å². The SMILES string of the molecule is CCN1C(=O)/C(=C2/C=Cc3ccccc3N2CC)SC1=Nc1ccc(Cl)cc1. The molecule has 2 aliphatic rings. The van der Waals surface area contributed by atoms with E-state index in [9.17, 15) is 4.79 Å². The summed E-state index contributed by atoms with van der Waals surface area (Å²) >= 11 is 7.40. The highest BCUT2D eigenvalue weighted by atomic mass is 35.5. The molecule has 1 fully saturated rings. The van der Waals surface area contributed by atoms with E-state index in [2.05, 4.69) is 30.0 Å². The molecule has 0 bridgehead atoms. The van der Waals surface area contributed by atoms with Crippen molar-refractivity contribution in [2.45, 2.75) is 13.8 Å². The minimum Gasteiger partial charge on any atom is -0.340 e. The second kappa shape index (κ2) is 7.86. The van der Waals surface area contributed by atoms with Crippen molar-refractivity contribution in [2.75, 3.05) is 18.0 Å². The molecule has 1 amide bonds. The maximum atomic E-state index is 13.1. The summed E-state index contributed by atoms with van der Waals surface area (Å²) in [5.74, 6) is -0.00213. The van der Waals surface area contributed by atoms with E-state index in [1.54, 1.807) is 17.0 Å². The van der Waals surface area contributed by atoms with Gasteiger partial charge in [0.1, 0.15) is 4.91 Å².